The van der Waals surface area contributed by atoms with E-state index in [1.807, 2.05) is 30.3 Å². The van der Waals surface area contributed by atoms with Crippen molar-refractivity contribution in [1.82, 2.24) is 5.32 Å². The van der Waals surface area contributed by atoms with Crippen LogP contribution in [0.3, 0.4) is 0 Å². The second kappa shape index (κ2) is 9.19. The number of hydrazone groups is 1. The molecule has 2 aromatic rings. The van der Waals surface area contributed by atoms with E-state index in [2.05, 4.69) is 10.4 Å². The lowest BCUT2D eigenvalue weighted by Crippen LogP contribution is -2.30. The first-order valence-electron chi connectivity index (χ1n) is 7.57. The SMILES string of the molecule is COc1cc(C=NN)ccc1OCC(=O)NCCc1ccccc1. The largest absolute Gasteiger partial charge is 0.493 e. The van der Waals surface area contributed by atoms with Crippen molar-refractivity contribution in [2.24, 2.45) is 10.9 Å². The molecule has 0 saturated heterocycles. The molecule has 0 aliphatic rings. The Morgan fingerprint density at radius 3 is 2.71 bits per heavy atom. The van der Waals surface area contributed by atoms with E-state index in [0.29, 0.717) is 18.0 Å². The standard InChI is InChI=1S/C18H21N3O3/c1-23-17-11-15(12-21-19)7-8-16(17)24-13-18(22)20-10-9-14-5-3-2-4-6-14/h2-8,11-12H,9-10,13,19H2,1H3,(H,20,22). The minimum Gasteiger partial charge on any atom is -0.493 e. The lowest BCUT2D eigenvalue weighted by Gasteiger charge is -2.11. The molecule has 3 N–H and O–H groups in total. The van der Waals surface area contributed by atoms with Crippen molar-refractivity contribution in [1.29, 1.82) is 0 Å². The van der Waals surface area contributed by atoms with E-state index in [-0.39, 0.29) is 12.5 Å². The lowest BCUT2D eigenvalue weighted by molar-refractivity contribution is -0.123. The van der Waals surface area contributed by atoms with Gasteiger partial charge in [0.05, 0.1) is 13.3 Å². The zero-order chi connectivity index (χ0) is 17.2. The molecule has 126 valence electrons. The minimum absolute atomic E-state index is 0.0739. The van der Waals surface area contributed by atoms with E-state index in [1.54, 1.807) is 18.2 Å². The molecule has 0 saturated carbocycles. The van der Waals surface area contributed by atoms with Crippen LogP contribution in [-0.4, -0.2) is 32.4 Å². The molecule has 1 amide bonds. The fourth-order valence-corrected chi connectivity index (χ4v) is 2.16. The van der Waals surface area contributed by atoms with Crippen LogP contribution >= 0.6 is 0 Å². The zero-order valence-electron chi connectivity index (χ0n) is 13.6. The van der Waals surface area contributed by atoms with Crippen molar-refractivity contribution in [3.8, 4) is 11.5 Å². The number of nitrogens with one attached hydrogen (secondary N) is 1. The van der Waals surface area contributed by atoms with Gasteiger partial charge in [0.1, 0.15) is 0 Å². The van der Waals surface area contributed by atoms with Crippen molar-refractivity contribution < 1.29 is 14.3 Å². The first-order chi connectivity index (χ1) is 11.7. The summed E-state index contributed by atoms with van der Waals surface area (Å²) in [6, 6.07) is 15.2. The van der Waals surface area contributed by atoms with Crippen LogP contribution in [0.2, 0.25) is 0 Å². The summed E-state index contributed by atoms with van der Waals surface area (Å²) in [5.74, 6) is 5.95. The third kappa shape index (κ3) is 5.31. The highest BCUT2D eigenvalue weighted by atomic mass is 16.5. The van der Waals surface area contributed by atoms with Crippen LogP contribution in [-0.2, 0) is 11.2 Å². The first-order valence-corrected chi connectivity index (χ1v) is 7.57. The van der Waals surface area contributed by atoms with E-state index in [1.165, 1.54) is 18.9 Å². The van der Waals surface area contributed by atoms with E-state index < -0.39 is 0 Å². The molecular formula is C18H21N3O3. The summed E-state index contributed by atoms with van der Waals surface area (Å²) < 4.78 is 10.8. The molecule has 24 heavy (non-hydrogen) atoms. The molecular weight excluding hydrogens is 306 g/mol. The lowest BCUT2D eigenvalue weighted by atomic mass is 10.1. The highest BCUT2D eigenvalue weighted by molar-refractivity contribution is 5.81. The fourth-order valence-electron chi connectivity index (χ4n) is 2.16. The van der Waals surface area contributed by atoms with Gasteiger partial charge < -0.3 is 20.6 Å². The maximum Gasteiger partial charge on any atom is 0.257 e. The number of rotatable bonds is 8. The van der Waals surface area contributed by atoms with Crippen molar-refractivity contribution in [3.63, 3.8) is 0 Å². The summed E-state index contributed by atoms with van der Waals surface area (Å²) in [5, 5.41) is 6.29. The number of nitrogens with zero attached hydrogens (tertiary/aromatic N) is 1. The fraction of sp³-hybridized carbons (Fsp3) is 0.222. The molecule has 2 aromatic carbocycles. The Kier molecular flexibility index (Phi) is 6.64. The summed E-state index contributed by atoms with van der Waals surface area (Å²) in [4.78, 5) is 11.9. The van der Waals surface area contributed by atoms with Gasteiger partial charge in [0.2, 0.25) is 0 Å². The highest BCUT2D eigenvalue weighted by Gasteiger charge is 2.08. The number of benzene rings is 2. The average molecular weight is 327 g/mol. The van der Waals surface area contributed by atoms with Gasteiger partial charge in [-0.1, -0.05) is 30.3 Å². The van der Waals surface area contributed by atoms with Crippen LogP contribution in [0.25, 0.3) is 0 Å². The molecule has 0 aromatic heterocycles. The summed E-state index contributed by atoms with van der Waals surface area (Å²) in [7, 11) is 1.53. The maximum absolute atomic E-state index is 11.9. The van der Waals surface area contributed by atoms with Crippen LogP contribution in [0.15, 0.2) is 53.6 Å². The maximum atomic E-state index is 11.9. The van der Waals surface area contributed by atoms with Crippen LogP contribution in [0.1, 0.15) is 11.1 Å². The molecule has 6 nitrogen and oxygen atoms in total. The predicted molar refractivity (Wildman–Crippen MR) is 93.4 cm³/mol. The quantitative estimate of drug-likeness (QED) is 0.439. The number of hydrogen-bond acceptors (Lipinski definition) is 5. The molecule has 0 unspecified atom stereocenters. The number of carbonyl (C=O) groups is 1. The second-order valence-electron chi connectivity index (χ2n) is 5.06. The molecule has 0 fully saturated rings. The number of amides is 1. The van der Waals surface area contributed by atoms with Crippen molar-refractivity contribution in [2.75, 3.05) is 20.3 Å². The van der Waals surface area contributed by atoms with Gasteiger partial charge in [0.25, 0.3) is 5.91 Å². The first kappa shape index (κ1) is 17.3. The smallest absolute Gasteiger partial charge is 0.257 e. The molecule has 0 aliphatic heterocycles. The molecule has 0 spiro atoms. The normalized spacial score (nSPS) is 10.5. The van der Waals surface area contributed by atoms with Gasteiger partial charge in [-0.25, -0.2) is 0 Å². The van der Waals surface area contributed by atoms with Gasteiger partial charge in [-0.15, -0.1) is 0 Å². The van der Waals surface area contributed by atoms with Crippen LogP contribution in [0.5, 0.6) is 11.5 Å². The van der Waals surface area contributed by atoms with Gasteiger partial charge in [-0.3, -0.25) is 4.79 Å². The molecule has 0 bridgehead atoms. The topological polar surface area (TPSA) is 85.9 Å². The van der Waals surface area contributed by atoms with Crippen molar-refractivity contribution >= 4 is 12.1 Å². The Hall–Kier alpha value is -3.02. The number of nitrogens with two attached hydrogens (primary N) is 1. The molecule has 2 rings (SSSR count). The van der Waals surface area contributed by atoms with Gasteiger partial charge >= 0.3 is 0 Å². The third-order valence-electron chi connectivity index (χ3n) is 3.35. The van der Waals surface area contributed by atoms with Gasteiger partial charge in [0.15, 0.2) is 18.1 Å². The molecule has 6 heteroatoms. The molecule has 0 aliphatic carbocycles. The molecule has 0 atom stereocenters. The summed E-state index contributed by atoms with van der Waals surface area (Å²) in [5.41, 5.74) is 1.96. The summed E-state index contributed by atoms with van der Waals surface area (Å²) in [6.45, 7) is 0.491. The van der Waals surface area contributed by atoms with E-state index in [0.717, 1.165) is 12.0 Å². The van der Waals surface area contributed by atoms with Crippen LogP contribution in [0, 0.1) is 0 Å². The molecule has 0 heterocycles. The predicted octanol–water partition coefficient (Wildman–Crippen LogP) is 1.73. The second-order valence-corrected chi connectivity index (χ2v) is 5.06. The van der Waals surface area contributed by atoms with E-state index in [4.69, 9.17) is 15.3 Å². The van der Waals surface area contributed by atoms with Crippen LogP contribution < -0.4 is 20.6 Å². The molecule has 0 radical (unpaired) electrons. The number of carbonyl (C=O) groups excluding carboxylic acids is 1. The summed E-state index contributed by atoms with van der Waals surface area (Å²) >= 11 is 0. The Labute approximate surface area is 141 Å². The Morgan fingerprint density at radius 2 is 2.00 bits per heavy atom. The summed E-state index contributed by atoms with van der Waals surface area (Å²) in [6.07, 6.45) is 2.28. The van der Waals surface area contributed by atoms with E-state index in [9.17, 15) is 4.79 Å². The zero-order valence-corrected chi connectivity index (χ0v) is 13.6. The van der Waals surface area contributed by atoms with Crippen molar-refractivity contribution in [3.05, 3.63) is 59.7 Å². The Bertz CT molecular complexity index is 687. The number of methoxy groups -OCH3 is 1. The Balaban J connectivity index is 1.81. The van der Waals surface area contributed by atoms with Gasteiger partial charge in [-0.05, 0) is 35.7 Å². The van der Waals surface area contributed by atoms with Gasteiger partial charge in [0, 0.05) is 6.54 Å². The van der Waals surface area contributed by atoms with Gasteiger partial charge in [-0.2, -0.15) is 5.10 Å². The van der Waals surface area contributed by atoms with Crippen molar-refractivity contribution in [2.45, 2.75) is 6.42 Å². The minimum atomic E-state index is -0.180. The van der Waals surface area contributed by atoms with Crippen LogP contribution in [0.4, 0.5) is 0 Å². The monoisotopic (exact) mass is 327 g/mol. The average Bonchev–Trinajstić information content (AvgIpc) is 2.61. The highest BCUT2D eigenvalue weighted by Crippen LogP contribution is 2.27. The number of hydrogen-bond donors (Lipinski definition) is 2. The third-order valence-corrected chi connectivity index (χ3v) is 3.35. The Morgan fingerprint density at radius 1 is 1.21 bits per heavy atom. The number of ether oxygens (including phenoxy) is 2. The van der Waals surface area contributed by atoms with E-state index >= 15 is 0 Å².